The topological polar surface area (TPSA) is 37.8 Å². The number of nitrogens with one attached hydrogen (secondary N) is 1. The Kier molecular flexibility index (Phi) is 3.84. The van der Waals surface area contributed by atoms with E-state index in [1.165, 1.54) is 29.0 Å². The third kappa shape index (κ3) is 3.33. The molecule has 0 spiro atoms. The van der Waals surface area contributed by atoms with Gasteiger partial charge in [-0.3, -0.25) is 4.98 Å². The van der Waals surface area contributed by atoms with Crippen molar-refractivity contribution in [1.29, 1.82) is 0 Å². The summed E-state index contributed by atoms with van der Waals surface area (Å²) in [4.78, 5) is 10.8. The van der Waals surface area contributed by atoms with E-state index in [9.17, 15) is 0 Å². The van der Waals surface area contributed by atoms with Gasteiger partial charge in [0.2, 0.25) is 0 Å². The maximum absolute atomic E-state index is 4.93. The first-order chi connectivity index (χ1) is 9.95. The molecule has 1 aliphatic carbocycles. The molecule has 2 aromatic rings. The Balaban J connectivity index is 1.96. The van der Waals surface area contributed by atoms with Gasteiger partial charge in [-0.15, -0.1) is 11.3 Å². The van der Waals surface area contributed by atoms with Gasteiger partial charge in [0.05, 0.1) is 5.69 Å². The first-order valence-electron chi connectivity index (χ1n) is 7.60. The van der Waals surface area contributed by atoms with Crippen LogP contribution in [-0.2, 0) is 12.0 Å². The third-order valence-corrected chi connectivity index (χ3v) is 4.81. The van der Waals surface area contributed by atoms with Gasteiger partial charge in [0.1, 0.15) is 10.7 Å². The summed E-state index contributed by atoms with van der Waals surface area (Å²) in [5, 5.41) is 4.66. The number of pyridine rings is 1. The van der Waals surface area contributed by atoms with Crippen LogP contribution in [0.2, 0.25) is 0 Å². The Morgan fingerprint density at radius 1 is 1.33 bits per heavy atom. The van der Waals surface area contributed by atoms with Crippen LogP contribution in [0.3, 0.4) is 0 Å². The quantitative estimate of drug-likeness (QED) is 0.925. The van der Waals surface area contributed by atoms with E-state index in [0.29, 0.717) is 0 Å². The highest BCUT2D eigenvalue weighted by Gasteiger charge is 2.26. The summed E-state index contributed by atoms with van der Waals surface area (Å²) >= 11 is 1.79. The second-order valence-corrected chi connectivity index (χ2v) is 7.95. The van der Waals surface area contributed by atoms with E-state index in [-0.39, 0.29) is 5.41 Å². The van der Waals surface area contributed by atoms with Crippen LogP contribution >= 0.6 is 11.3 Å². The van der Waals surface area contributed by atoms with Gasteiger partial charge in [-0.2, -0.15) is 0 Å². The Morgan fingerprint density at radius 2 is 2.10 bits per heavy atom. The maximum atomic E-state index is 4.93. The summed E-state index contributed by atoms with van der Waals surface area (Å²) in [6, 6.07) is 4.80. The highest BCUT2D eigenvalue weighted by atomic mass is 32.1. The fourth-order valence-corrected chi connectivity index (χ4v) is 3.68. The molecule has 3 nitrogen and oxygen atoms in total. The van der Waals surface area contributed by atoms with Gasteiger partial charge in [0.15, 0.2) is 0 Å². The lowest BCUT2D eigenvalue weighted by atomic mass is 9.91. The van der Waals surface area contributed by atoms with Crippen LogP contribution in [0.15, 0.2) is 18.3 Å². The zero-order valence-electron chi connectivity index (χ0n) is 13.2. The molecule has 1 N–H and O–H groups in total. The average Bonchev–Trinajstić information content (AvgIpc) is 3.14. The van der Waals surface area contributed by atoms with E-state index in [0.717, 1.165) is 23.3 Å². The predicted molar refractivity (Wildman–Crippen MR) is 88.6 cm³/mol. The zero-order chi connectivity index (χ0) is 15.0. The molecule has 112 valence electrons. The van der Waals surface area contributed by atoms with E-state index >= 15 is 0 Å². The van der Waals surface area contributed by atoms with E-state index in [1.807, 2.05) is 12.3 Å². The SMILES string of the molecule is Cc1cccnc1-c1nc(C(C)(C)C)c(CNC2CC2)s1. The van der Waals surface area contributed by atoms with Gasteiger partial charge in [0.25, 0.3) is 0 Å². The first-order valence-corrected chi connectivity index (χ1v) is 8.42. The van der Waals surface area contributed by atoms with Crippen molar-refractivity contribution in [3.63, 3.8) is 0 Å². The van der Waals surface area contributed by atoms with Crippen LogP contribution < -0.4 is 5.32 Å². The summed E-state index contributed by atoms with van der Waals surface area (Å²) in [5.41, 5.74) is 3.48. The number of aromatic nitrogens is 2. The molecule has 1 fully saturated rings. The second kappa shape index (κ2) is 5.50. The highest BCUT2D eigenvalue weighted by Crippen LogP contribution is 2.35. The Morgan fingerprint density at radius 3 is 2.71 bits per heavy atom. The van der Waals surface area contributed by atoms with Gasteiger partial charge < -0.3 is 5.32 Å². The van der Waals surface area contributed by atoms with Crippen LogP contribution in [0, 0.1) is 6.92 Å². The number of nitrogens with zero attached hydrogens (tertiary/aromatic N) is 2. The van der Waals surface area contributed by atoms with Gasteiger partial charge in [0, 0.05) is 29.1 Å². The standard InChI is InChI=1S/C17H23N3S/c1-11-6-5-9-18-14(11)16-20-15(17(2,3)4)13(21-16)10-19-12-7-8-12/h5-6,9,12,19H,7-8,10H2,1-4H3. The van der Waals surface area contributed by atoms with Gasteiger partial charge in [-0.25, -0.2) is 4.98 Å². The minimum Gasteiger partial charge on any atom is -0.309 e. The smallest absolute Gasteiger partial charge is 0.142 e. The first kappa shape index (κ1) is 14.7. The van der Waals surface area contributed by atoms with Crippen LogP contribution in [0.1, 0.15) is 49.7 Å². The van der Waals surface area contributed by atoms with Gasteiger partial charge >= 0.3 is 0 Å². The Labute approximate surface area is 130 Å². The van der Waals surface area contributed by atoms with Crippen LogP contribution in [-0.4, -0.2) is 16.0 Å². The number of hydrogen-bond acceptors (Lipinski definition) is 4. The molecule has 2 aromatic heterocycles. The molecular formula is C17H23N3S. The van der Waals surface area contributed by atoms with Crippen molar-refractivity contribution in [2.45, 2.75) is 58.5 Å². The van der Waals surface area contributed by atoms with E-state index < -0.39 is 0 Å². The van der Waals surface area contributed by atoms with Gasteiger partial charge in [-0.1, -0.05) is 26.8 Å². The van der Waals surface area contributed by atoms with Crippen molar-refractivity contribution >= 4 is 11.3 Å². The minimum absolute atomic E-state index is 0.0675. The molecule has 0 unspecified atom stereocenters. The Bertz CT molecular complexity index is 636. The molecule has 1 saturated carbocycles. The van der Waals surface area contributed by atoms with Gasteiger partial charge in [-0.05, 0) is 31.4 Å². The molecule has 2 heterocycles. The summed E-state index contributed by atoms with van der Waals surface area (Å²) in [7, 11) is 0. The summed E-state index contributed by atoms with van der Waals surface area (Å²) in [6.07, 6.45) is 4.48. The van der Waals surface area contributed by atoms with Crippen molar-refractivity contribution in [3.8, 4) is 10.7 Å². The lowest BCUT2D eigenvalue weighted by molar-refractivity contribution is 0.559. The fraction of sp³-hybridized carbons (Fsp3) is 0.529. The summed E-state index contributed by atoms with van der Waals surface area (Å²) in [5.74, 6) is 0. The predicted octanol–water partition coefficient (Wildman–Crippen LogP) is 4.06. The molecule has 0 amide bonds. The number of aryl methyl sites for hydroxylation is 1. The molecule has 1 aliphatic rings. The van der Waals surface area contributed by atoms with E-state index in [4.69, 9.17) is 4.98 Å². The molecule has 3 rings (SSSR count). The summed E-state index contributed by atoms with van der Waals surface area (Å²) < 4.78 is 0. The van der Waals surface area contributed by atoms with Crippen molar-refractivity contribution in [3.05, 3.63) is 34.5 Å². The third-order valence-electron chi connectivity index (χ3n) is 3.75. The van der Waals surface area contributed by atoms with Crippen LogP contribution in [0.25, 0.3) is 10.7 Å². The molecule has 0 atom stereocenters. The lowest BCUT2D eigenvalue weighted by Crippen LogP contribution is -2.19. The van der Waals surface area contributed by atoms with E-state index in [2.05, 4.69) is 44.1 Å². The highest BCUT2D eigenvalue weighted by molar-refractivity contribution is 7.15. The second-order valence-electron chi connectivity index (χ2n) is 6.86. The van der Waals surface area contributed by atoms with Crippen molar-refractivity contribution < 1.29 is 0 Å². The fourth-order valence-electron chi connectivity index (χ4n) is 2.39. The van der Waals surface area contributed by atoms with Crippen LogP contribution in [0.4, 0.5) is 0 Å². The Hall–Kier alpha value is -1.26. The van der Waals surface area contributed by atoms with Crippen molar-refractivity contribution in [1.82, 2.24) is 15.3 Å². The molecule has 0 aliphatic heterocycles. The zero-order valence-corrected chi connectivity index (χ0v) is 14.0. The number of hydrogen-bond donors (Lipinski definition) is 1. The molecule has 0 bridgehead atoms. The molecule has 21 heavy (non-hydrogen) atoms. The molecular weight excluding hydrogens is 278 g/mol. The molecule has 0 radical (unpaired) electrons. The van der Waals surface area contributed by atoms with Crippen molar-refractivity contribution in [2.24, 2.45) is 0 Å². The molecule has 4 heteroatoms. The monoisotopic (exact) mass is 301 g/mol. The minimum atomic E-state index is 0.0675. The van der Waals surface area contributed by atoms with Crippen LogP contribution in [0.5, 0.6) is 0 Å². The number of rotatable bonds is 4. The molecule has 0 aromatic carbocycles. The average molecular weight is 301 g/mol. The number of thiazole rings is 1. The van der Waals surface area contributed by atoms with Crippen molar-refractivity contribution in [2.75, 3.05) is 0 Å². The summed E-state index contributed by atoms with van der Waals surface area (Å²) in [6.45, 7) is 9.73. The largest absolute Gasteiger partial charge is 0.309 e. The normalized spacial score (nSPS) is 15.4. The van der Waals surface area contributed by atoms with E-state index in [1.54, 1.807) is 11.3 Å². The lowest BCUT2D eigenvalue weighted by Gasteiger charge is -2.17. The maximum Gasteiger partial charge on any atom is 0.142 e. The molecule has 0 saturated heterocycles.